The number of methoxy groups -OCH3 is 1. The molecule has 0 fully saturated rings. The quantitative estimate of drug-likeness (QED) is 0.643. The van der Waals surface area contributed by atoms with Gasteiger partial charge in [0.2, 0.25) is 5.91 Å². The van der Waals surface area contributed by atoms with Crippen LogP contribution in [0.25, 0.3) is 10.8 Å². The number of carbonyl (C=O) groups excluding carboxylic acids is 1. The van der Waals surface area contributed by atoms with E-state index in [1.54, 1.807) is 44.5 Å². The van der Waals surface area contributed by atoms with Crippen LogP contribution >= 0.6 is 0 Å². The fraction of sp³-hybridized carbons (Fsp3) is 0.250. The van der Waals surface area contributed by atoms with Gasteiger partial charge >= 0.3 is 0 Å². The molecule has 7 nitrogen and oxygen atoms in total. The Morgan fingerprint density at radius 2 is 1.74 bits per heavy atom. The Bertz CT molecular complexity index is 996. The van der Waals surface area contributed by atoms with Crippen LogP contribution in [0, 0.1) is 0 Å². The number of aromatic nitrogens is 2. The van der Waals surface area contributed by atoms with E-state index >= 15 is 0 Å². The zero-order valence-electron chi connectivity index (χ0n) is 15.3. The third-order valence-corrected chi connectivity index (χ3v) is 4.11. The summed E-state index contributed by atoms with van der Waals surface area (Å²) in [6.07, 6.45) is 0.0944. The van der Waals surface area contributed by atoms with Gasteiger partial charge in [0.15, 0.2) is 0 Å². The number of hydrogen-bond donors (Lipinski definition) is 1. The average molecular weight is 367 g/mol. The Balaban J connectivity index is 1.56. The minimum Gasteiger partial charge on any atom is -0.497 e. The van der Waals surface area contributed by atoms with Crippen LogP contribution in [0.4, 0.5) is 0 Å². The van der Waals surface area contributed by atoms with Gasteiger partial charge in [0.25, 0.3) is 5.56 Å². The molecule has 1 aromatic heterocycles. The first kappa shape index (κ1) is 18.4. The van der Waals surface area contributed by atoms with Crippen molar-refractivity contribution in [2.24, 2.45) is 7.05 Å². The maximum Gasteiger partial charge on any atom is 0.274 e. The lowest BCUT2D eigenvalue weighted by Gasteiger charge is -2.10. The molecule has 0 aliphatic heterocycles. The maximum atomic E-state index is 12.2. The van der Waals surface area contributed by atoms with E-state index in [2.05, 4.69) is 10.4 Å². The minimum absolute atomic E-state index is 0.0944. The van der Waals surface area contributed by atoms with Crippen molar-refractivity contribution in [3.63, 3.8) is 0 Å². The standard InChI is InChI=1S/C20H21N3O4/c1-23-20(25)17-6-4-3-5-16(17)18(22-23)13-19(24)21-11-12-27-15-9-7-14(26-2)8-10-15/h3-10H,11-13H2,1-2H3,(H,21,24). The summed E-state index contributed by atoms with van der Waals surface area (Å²) in [5.41, 5.74) is 0.393. The molecule has 0 radical (unpaired) electrons. The van der Waals surface area contributed by atoms with E-state index in [0.717, 1.165) is 5.75 Å². The van der Waals surface area contributed by atoms with Crippen LogP contribution in [0.1, 0.15) is 5.69 Å². The van der Waals surface area contributed by atoms with Crippen molar-refractivity contribution < 1.29 is 14.3 Å². The summed E-state index contributed by atoms with van der Waals surface area (Å²) in [5, 5.41) is 8.30. The zero-order valence-corrected chi connectivity index (χ0v) is 15.3. The molecule has 0 bridgehead atoms. The highest BCUT2D eigenvalue weighted by Gasteiger charge is 2.12. The lowest BCUT2D eigenvalue weighted by molar-refractivity contribution is -0.120. The van der Waals surface area contributed by atoms with Gasteiger partial charge in [0.1, 0.15) is 18.1 Å². The highest BCUT2D eigenvalue weighted by atomic mass is 16.5. The van der Waals surface area contributed by atoms with E-state index in [1.165, 1.54) is 4.68 Å². The van der Waals surface area contributed by atoms with Gasteiger partial charge in [-0.1, -0.05) is 18.2 Å². The van der Waals surface area contributed by atoms with E-state index < -0.39 is 0 Å². The minimum atomic E-state index is -0.178. The Hall–Kier alpha value is -3.35. The van der Waals surface area contributed by atoms with Gasteiger partial charge in [-0.05, 0) is 30.3 Å². The highest BCUT2D eigenvalue weighted by Crippen LogP contribution is 2.16. The summed E-state index contributed by atoms with van der Waals surface area (Å²) in [4.78, 5) is 24.4. The Labute approximate surface area is 156 Å². The fourth-order valence-corrected chi connectivity index (χ4v) is 2.75. The molecule has 1 amide bonds. The number of carbonyl (C=O) groups is 1. The number of hydrogen-bond acceptors (Lipinski definition) is 5. The molecule has 1 heterocycles. The first-order chi connectivity index (χ1) is 13.1. The largest absolute Gasteiger partial charge is 0.497 e. The summed E-state index contributed by atoms with van der Waals surface area (Å²) < 4.78 is 11.9. The molecule has 0 aliphatic rings. The average Bonchev–Trinajstić information content (AvgIpc) is 2.69. The van der Waals surface area contributed by atoms with Crippen LogP contribution in [-0.2, 0) is 18.3 Å². The van der Waals surface area contributed by atoms with E-state index in [1.807, 2.05) is 18.2 Å². The molecular formula is C20H21N3O4. The molecule has 0 atom stereocenters. The van der Waals surface area contributed by atoms with Crippen LogP contribution in [0.3, 0.4) is 0 Å². The summed E-state index contributed by atoms with van der Waals surface area (Å²) in [5.74, 6) is 1.29. The lowest BCUT2D eigenvalue weighted by atomic mass is 10.1. The number of ether oxygens (including phenoxy) is 2. The summed E-state index contributed by atoms with van der Waals surface area (Å²) in [6.45, 7) is 0.716. The van der Waals surface area contributed by atoms with Crippen molar-refractivity contribution in [1.29, 1.82) is 0 Å². The van der Waals surface area contributed by atoms with Crippen LogP contribution in [0.5, 0.6) is 11.5 Å². The smallest absolute Gasteiger partial charge is 0.274 e. The van der Waals surface area contributed by atoms with Gasteiger partial charge in [0, 0.05) is 12.4 Å². The van der Waals surface area contributed by atoms with Gasteiger partial charge in [-0.15, -0.1) is 0 Å². The monoisotopic (exact) mass is 367 g/mol. The summed E-state index contributed by atoms with van der Waals surface area (Å²) in [7, 11) is 3.19. The molecule has 27 heavy (non-hydrogen) atoms. The third kappa shape index (κ3) is 4.44. The number of amides is 1. The molecule has 7 heteroatoms. The number of nitrogens with one attached hydrogen (secondary N) is 1. The van der Waals surface area contributed by atoms with E-state index in [0.29, 0.717) is 35.4 Å². The summed E-state index contributed by atoms with van der Waals surface area (Å²) >= 11 is 0. The van der Waals surface area contributed by atoms with Crippen molar-refractivity contribution >= 4 is 16.7 Å². The fourth-order valence-electron chi connectivity index (χ4n) is 2.75. The molecule has 2 aromatic carbocycles. The molecule has 0 unspecified atom stereocenters. The van der Waals surface area contributed by atoms with Crippen molar-refractivity contribution in [2.75, 3.05) is 20.3 Å². The van der Waals surface area contributed by atoms with E-state index in [9.17, 15) is 9.59 Å². The van der Waals surface area contributed by atoms with E-state index in [4.69, 9.17) is 9.47 Å². The van der Waals surface area contributed by atoms with Crippen molar-refractivity contribution in [2.45, 2.75) is 6.42 Å². The number of nitrogens with zero attached hydrogens (tertiary/aromatic N) is 2. The molecule has 3 aromatic rings. The van der Waals surface area contributed by atoms with Crippen LogP contribution in [0.15, 0.2) is 53.3 Å². The molecule has 1 N–H and O–H groups in total. The highest BCUT2D eigenvalue weighted by molar-refractivity contribution is 5.88. The predicted octanol–water partition coefficient (Wildman–Crippen LogP) is 1.68. The second kappa shape index (κ2) is 8.35. The molecule has 0 spiro atoms. The molecular weight excluding hydrogens is 346 g/mol. The maximum absolute atomic E-state index is 12.2. The SMILES string of the molecule is COc1ccc(OCCNC(=O)Cc2nn(C)c(=O)c3ccccc23)cc1. The molecule has 0 aliphatic carbocycles. The van der Waals surface area contributed by atoms with Gasteiger partial charge in [-0.2, -0.15) is 5.10 Å². The second-order valence-electron chi connectivity index (χ2n) is 5.97. The van der Waals surface area contributed by atoms with Crippen LogP contribution < -0.4 is 20.3 Å². The van der Waals surface area contributed by atoms with Gasteiger partial charge in [0.05, 0.1) is 31.2 Å². The first-order valence-electron chi connectivity index (χ1n) is 8.57. The number of fused-ring (bicyclic) bond motifs is 1. The van der Waals surface area contributed by atoms with Crippen molar-refractivity contribution in [3.05, 3.63) is 64.6 Å². The zero-order chi connectivity index (χ0) is 19.2. The van der Waals surface area contributed by atoms with Gasteiger partial charge in [-0.25, -0.2) is 4.68 Å². The van der Waals surface area contributed by atoms with E-state index in [-0.39, 0.29) is 17.9 Å². The van der Waals surface area contributed by atoms with Crippen molar-refractivity contribution in [3.8, 4) is 11.5 Å². The van der Waals surface area contributed by atoms with Crippen LogP contribution in [-0.4, -0.2) is 35.9 Å². The Kier molecular flexibility index (Phi) is 5.71. The molecule has 0 saturated heterocycles. The van der Waals surface area contributed by atoms with Crippen molar-refractivity contribution in [1.82, 2.24) is 15.1 Å². The third-order valence-electron chi connectivity index (χ3n) is 4.11. The topological polar surface area (TPSA) is 82.4 Å². The normalized spacial score (nSPS) is 10.6. The summed E-state index contributed by atoms with van der Waals surface area (Å²) in [6, 6.07) is 14.4. The molecule has 3 rings (SSSR count). The van der Waals surface area contributed by atoms with Gasteiger partial charge in [-0.3, -0.25) is 9.59 Å². The predicted molar refractivity (Wildman–Crippen MR) is 102 cm³/mol. The van der Waals surface area contributed by atoms with Gasteiger partial charge < -0.3 is 14.8 Å². The lowest BCUT2D eigenvalue weighted by Crippen LogP contribution is -2.31. The molecule has 0 saturated carbocycles. The first-order valence-corrected chi connectivity index (χ1v) is 8.57. The number of rotatable bonds is 7. The number of aryl methyl sites for hydroxylation is 1. The number of benzene rings is 2. The molecule has 140 valence electrons. The Morgan fingerprint density at radius 3 is 2.44 bits per heavy atom. The Morgan fingerprint density at radius 1 is 1.07 bits per heavy atom. The second-order valence-corrected chi connectivity index (χ2v) is 5.97. The van der Waals surface area contributed by atoms with Crippen LogP contribution in [0.2, 0.25) is 0 Å².